The van der Waals surface area contributed by atoms with Gasteiger partial charge in [-0.25, -0.2) is 8.42 Å². The fraction of sp³-hybridized carbons (Fsp3) is 0.440. The van der Waals surface area contributed by atoms with Crippen molar-refractivity contribution < 1.29 is 18.0 Å². The van der Waals surface area contributed by atoms with Crippen LogP contribution in [-0.4, -0.2) is 50.0 Å². The summed E-state index contributed by atoms with van der Waals surface area (Å²) >= 11 is 12.3. The average molecular weight is 543 g/mol. The van der Waals surface area contributed by atoms with Gasteiger partial charge in [0.1, 0.15) is 6.04 Å². The summed E-state index contributed by atoms with van der Waals surface area (Å²) in [6.07, 6.45) is 2.24. The van der Waals surface area contributed by atoms with Crippen molar-refractivity contribution in [3.63, 3.8) is 0 Å². The van der Waals surface area contributed by atoms with Gasteiger partial charge < -0.3 is 10.2 Å². The molecule has 0 bridgehead atoms. The summed E-state index contributed by atoms with van der Waals surface area (Å²) in [4.78, 5) is 27.6. The van der Waals surface area contributed by atoms with E-state index >= 15 is 0 Å². The van der Waals surface area contributed by atoms with Gasteiger partial charge in [-0.1, -0.05) is 54.4 Å². The monoisotopic (exact) mass is 541 g/mol. The Kier molecular flexibility index (Phi) is 10.9. The molecule has 0 aliphatic carbocycles. The molecule has 1 N–H and O–H groups in total. The highest BCUT2D eigenvalue weighted by Crippen LogP contribution is 2.24. The molecule has 2 amide bonds. The third-order valence-corrected chi connectivity index (χ3v) is 7.50. The summed E-state index contributed by atoms with van der Waals surface area (Å²) < 4.78 is 25.9. The first-order valence-electron chi connectivity index (χ1n) is 11.5. The first-order valence-corrected chi connectivity index (χ1v) is 14.1. The van der Waals surface area contributed by atoms with Crippen molar-refractivity contribution in [2.24, 2.45) is 0 Å². The maximum Gasteiger partial charge on any atom is 0.242 e. The van der Waals surface area contributed by atoms with E-state index in [0.29, 0.717) is 21.3 Å². The Morgan fingerprint density at radius 3 is 2.29 bits per heavy atom. The predicted octanol–water partition coefficient (Wildman–Crippen LogP) is 4.87. The van der Waals surface area contributed by atoms with Crippen LogP contribution in [0.4, 0.5) is 5.69 Å². The van der Waals surface area contributed by atoms with Crippen molar-refractivity contribution in [3.05, 3.63) is 64.1 Å². The van der Waals surface area contributed by atoms with Gasteiger partial charge in [0.05, 0.1) is 11.9 Å². The van der Waals surface area contributed by atoms with Crippen LogP contribution in [0.2, 0.25) is 10.0 Å². The number of amides is 2. The topological polar surface area (TPSA) is 86.8 Å². The Morgan fingerprint density at radius 1 is 1.06 bits per heavy atom. The fourth-order valence-electron chi connectivity index (χ4n) is 3.48. The molecule has 0 spiro atoms. The number of anilines is 1. The summed E-state index contributed by atoms with van der Waals surface area (Å²) in [7, 11) is -3.53. The molecule has 0 aliphatic heterocycles. The fourth-order valence-corrected chi connectivity index (χ4v) is 4.91. The third-order valence-electron chi connectivity index (χ3n) is 5.72. The molecule has 0 fully saturated rings. The lowest BCUT2D eigenvalue weighted by Crippen LogP contribution is -2.49. The Bertz CT molecular complexity index is 1110. The zero-order valence-corrected chi connectivity index (χ0v) is 22.8. The summed E-state index contributed by atoms with van der Waals surface area (Å²) in [5, 5.41) is 3.79. The summed E-state index contributed by atoms with van der Waals surface area (Å²) in [5.41, 5.74) is 1.20. The number of hydrogen-bond acceptors (Lipinski definition) is 4. The summed E-state index contributed by atoms with van der Waals surface area (Å²) in [5.74, 6) is -0.538. The van der Waals surface area contributed by atoms with Gasteiger partial charge >= 0.3 is 0 Å². The van der Waals surface area contributed by atoms with Crippen LogP contribution in [0.25, 0.3) is 0 Å². The quantitative estimate of drug-likeness (QED) is 0.415. The lowest BCUT2D eigenvalue weighted by molar-refractivity contribution is -0.140. The van der Waals surface area contributed by atoms with Gasteiger partial charge in [0.25, 0.3) is 0 Å². The highest BCUT2D eigenvalue weighted by atomic mass is 35.5. The maximum absolute atomic E-state index is 13.3. The van der Waals surface area contributed by atoms with Crippen LogP contribution in [0.3, 0.4) is 0 Å². The molecule has 0 aromatic heterocycles. The Hall–Kier alpha value is -2.29. The normalized spacial score (nSPS) is 13.1. The van der Waals surface area contributed by atoms with Gasteiger partial charge in [0, 0.05) is 35.6 Å². The molecule has 0 saturated heterocycles. The average Bonchev–Trinajstić information content (AvgIpc) is 2.80. The van der Waals surface area contributed by atoms with Crippen LogP contribution in [0.15, 0.2) is 48.5 Å². The molecular formula is C25H33Cl2N3O4S. The molecule has 0 aliphatic rings. The molecule has 2 aromatic carbocycles. The first kappa shape index (κ1) is 28.9. The van der Waals surface area contributed by atoms with Crippen LogP contribution in [0.5, 0.6) is 0 Å². The third kappa shape index (κ3) is 8.70. The maximum atomic E-state index is 13.3. The van der Waals surface area contributed by atoms with Crippen molar-refractivity contribution in [2.75, 3.05) is 17.1 Å². The number of nitrogens with one attached hydrogen (secondary N) is 1. The van der Waals surface area contributed by atoms with E-state index in [1.807, 2.05) is 13.8 Å². The Morgan fingerprint density at radius 2 is 1.71 bits per heavy atom. The van der Waals surface area contributed by atoms with Gasteiger partial charge in [0.2, 0.25) is 21.8 Å². The predicted molar refractivity (Wildman–Crippen MR) is 142 cm³/mol. The van der Waals surface area contributed by atoms with Crippen molar-refractivity contribution >= 4 is 50.7 Å². The molecule has 2 rings (SSSR count). The van der Waals surface area contributed by atoms with E-state index < -0.39 is 16.1 Å². The van der Waals surface area contributed by atoms with E-state index in [2.05, 4.69) is 5.32 Å². The minimum Gasteiger partial charge on any atom is -0.352 e. The van der Waals surface area contributed by atoms with Crippen LogP contribution in [0, 0.1) is 0 Å². The van der Waals surface area contributed by atoms with Gasteiger partial charge in [0.15, 0.2) is 0 Å². The molecule has 2 atom stereocenters. The number of halogens is 2. The van der Waals surface area contributed by atoms with Crippen molar-refractivity contribution in [3.8, 4) is 0 Å². The minimum atomic E-state index is -3.53. The Labute approximate surface area is 218 Å². The number of carbonyl (C=O) groups is 2. The van der Waals surface area contributed by atoms with Crippen LogP contribution >= 0.6 is 23.2 Å². The summed E-state index contributed by atoms with van der Waals surface area (Å²) in [6, 6.07) is 13.0. The second-order valence-electron chi connectivity index (χ2n) is 8.53. The lowest BCUT2D eigenvalue weighted by atomic mass is 10.1. The molecule has 7 nitrogen and oxygen atoms in total. The highest BCUT2D eigenvalue weighted by molar-refractivity contribution is 7.92. The van der Waals surface area contributed by atoms with Crippen molar-refractivity contribution in [1.29, 1.82) is 0 Å². The molecule has 0 radical (unpaired) electrons. The SMILES string of the molecule is CC[C@H](C)NC(=O)[C@H](C)N(Cc1ccc(Cl)cc1Cl)C(=O)CCCN(c1ccccc1)S(C)(=O)=O. The lowest BCUT2D eigenvalue weighted by Gasteiger charge is -2.30. The molecule has 2 aromatic rings. The van der Waals surface area contributed by atoms with E-state index in [0.717, 1.165) is 12.7 Å². The van der Waals surface area contributed by atoms with E-state index in [1.54, 1.807) is 55.5 Å². The zero-order chi connectivity index (χ0) is 26.2. The van der Waals surface area contributed by atoms with Gasteiger partial charge in [-0.2, -0.15) is 0 Å². The van der Waals surface area contributed by atoms with Gasteiger partial charge in [-0.15, -0.1) is 0 Å². The second kappa shape index (κ2) is 13.1. The van der Waals surface area contributed by atoms with E-state index in [9.17, 15) is 18.0 Å². The van der Waals surface area contributed by atoms with Crippen LogP contribution < -0.4 is 9.62 Å². The van der Waals surface area contributed by atoms with Crippen LogP contribution in [-0.2, 0) is 26.2 Å². The molecule has 0 heterocycles. The highest BCUT2D eigenvalue weighted by Gasteiger charge is 2.27. The van der Waals surface area contributed by atoms with Crippen molar-refractivity contribution in [1.82, 2.24) is 10.2 Å². The number of sulfonamides is 1. The zero-order valence-electron chi connectivity index (χ0n) is 20.5. The number of para-hydroxylation sites is 1. The smallest absolute Gasteiger partial charge is 0.242 e. The number of rotatable bonds is 12. The largest absolute Gasteiger partial charge is 0.352 e. The van der Waals surface area contributed by atoms with Crippen molar-refractivity contribution in [2.45, 2.75) is 58.7 Å². The van der Waals surface area contributed by atoms with Gasteiger partial charge in [-0.3, -0.25) is 13.9 Å². The minimum absolute atomic E-state index is 0.0322. The second-order valence-corrected chi connectivity index (χ2v) is 11.3. The Balaban J connectivity index is 2.19. The van der Waals surface area contributed by atoms with E-state index in [4.69, 9.17) is 23.2 Å². The van der Waals surface area contributed by atoms with Crippen LogP contribution in [0.1, 0.15) is 45.6 Å². The standard InChI is InChI=1S/C25H33Cl2N3O4S/c1-5-18(2)28-25(32)19(3)29(17-20-13-14-21(26)16-23(20)27)24(31)12-9-15-30(35(4,33)34)22-10-7-6-8-11-22/h6-8,10-11,13-14,16,18-19H,5,9,12,15,17H2,1-4H3,(H,28,32)/t18-,19-/m0/s1. The molecule has 192 valence electrons. The first-order chi connectivity index (χ1) is 16.4. The molecule has 0 unspecified atom stereocenters. The molecular weight excluding hydrogens is 509 g/mol. The number of carbonyl (C=O) groups excluding carboxylic acids is 2. The number of benzene rings is 2. The molecule has 35 heavy (non-hydrogen) atoms. The molecule has 0 saturated carbocycles. The number of nitrogens with zero attached hydrogens (tertiary/aromatic N) is 2. The van der Waals surface area contributed by atoms with Gasteiger partial charge in [-0.05, 0) is 56.5 Å². The van der Waals surface area contributed by atoms with E-state index in [-0.39, 0.29) is 43.8 Å². The number of hydrogen-bond donors (Lipinski definition) is 1. The summed E-state index contributed by atoms with van der Waals surface area (Å²) in [6.45, 7) is 5.80. The van der Waals surface area contributed by atoms with E-state index in [1.165, 1.54) is 9.21 Å². The molecule has 10 heteroatoms.